The predicted molar refractivity (Wildman–Crippen MR) is 244 cm³/mol. The highest BCUT2D eigenvalue weighted by Gasteiger charge is 2.49. The van der Waals surface area contributed by atoms with Crippen LogP contribution in [0, 0.1) is 0 Å². The first-order valence-electron chi connectivity index (χ1n) is 19.5. The van der Waals surface area contributed by atoms with Gasteiger partial charge in [-0.15, -0.1) is 0 Å². The second kappa shape index (κ2) is 14.0. The highest BCUT2D eigenvalue weighted by atomic mass is 31.1. The molecule has 0 saturated carbocycles. The summed E-state index contributed by atoms with van der Waals surface area (Å²) in [6, 6.07) is 80.8. The summed E-state index contributed by atoms with van der Waals surface area (Å²) in [5, 5.41) is 7.82. The summed E-state index contributed by atoms with van der Waals surface area (Å²) in [5.74, 6) is 0. The van der Waals surface area contributed by atoms with Crippen LogP contribution in [0.5, 0.6) is 0 Å². The molecule has 0 fully saturated rings. The van der Waals surface area contributed by atoms with Gasteiger partial charge in [-0.2, -0.15) is 0 Å². The van der Waals surface area contributed by atoms with Crippen molar-refractivity contribution in [3.8, 4) is 11.1 Å². The summed E-state index contributed by atoms with van der Waals surface area (Å²) >= 11 is 0. The SMILES string of the molecule is c1ccc(P(c2ccccc2)n2cc(C3(c4cn(P(c5ccccc5)c5ccccc5)c5ccccc45)c4ccccc4-c4ccccc43)c3ccccc32)cc1. The van der Waals surface area contributed by atoms with Crippen LogP contribution in [0.25, 0.3) is 32.9 Å². The standard InChI is InChI=1S/C53H38N2P2/c1-5-21-39(22-6-1)56(40-23-7-2-8-24-40)54-37-49(45-31-15-19-35-51(45)54)53(47-33-17-13-29-43(47)44-30-14-18-34-48(44)53)50-38-55(52-36-20-16-32-46(50)52)57(41-25-9-3-10-26-41)42-27-11-4-12-28-42/h1-38H. The van der Waals surface area contributed by atoms with Gasteiger partial charge in [0.05, 0.1) is 32.6 Å². The minimum absolute atomic E-state index is 0.619. The lowest BCUT2D eigenvalue weighted by Gasteiger charge is -2.33. The molecule has 0 atom stereocenters. The monoisotopic (exact) mass is 764 g/mol. The Balaban J connectivity index is 1.28. The molecule has 8 aromatic carbocycles. The number of hydrogen-bond acceptors (Lipinski definition) is 0. The zero-order chi connectivity index (χ0) is 37.8. The third-order valence-corrected chi connectivity index (χ3v) is 16.3. The van der Waals surface area contributed by atoms with Gasteiger partial charge in [0, 0.05) is 44.4 Å². The fourth-order valence-electron chi connectivity index (χ4n) is 9.29. The van der Waals surface area contributed by atoms with Crippen LogP contribution in [0.4, 0.5) is 0 Å². The highest BCUT2D eigenvalue weighted by molar-refractivity contribution is 7.72. The summed E-state index contributed by atoms with van der Waals surface area (Å²) in [6.07, 6.45) is 5.05. The molecule has 57 heavy (non-hydrogen) atoms. The molecule has 10 aromatic rings. The van der Waals surface area contributed by atoms with Crippen LogP contribution in [0.15, 0.2) is 231 Å². The highest BCUT2D eigenvalue weighted by Crippen LogP contribution is 2.60. The lowest BCUT2D eigenvalue weighted by molar-refractivity contribution is 0.781. The van der Waals surface area contributed by atoms with Gasteiger partial charge in [0.2, 0.25) is 0 Å². The Morgan fingerprint density at radius 1 is 0.281 bits per heavy atom. The Bertz CT molecular complexity index is 2740. The molecule has 0 radical (unpaired) electrons. The van der Waals surface area contributed by atoms with Crippen molar-refractivity contribution in [3.05, 3.63) is 253 Å². The number of rotatable bonds is 8. The first-order valence-corrected chi connectivity index (χ1v) is 22.1. The van der Waals surface area contributed by atoms with E-state index < -0.39 is 21.6 Å². The summed E-state index contributed by atoms with van der Waals surface area (Å²) in [6.45, 7) is 0. The Hall–Kier alpha value is -6.30. The molecule has 1 aliphatic rings. The van der Waals surface area contributed by atoms with Crippen LogP contribution in [0.3, 0.4) is 0 Å². The van der Waals surface area contributed by atoms with Crippen molar-refractivity contribution in [2.75, 3.05) is 0 Å². The quantitative estimate of drug-likeness (QED) is 0.136. The molecule has 11 rings (SSSR count). The summed E-state index contributed by atoms with van der Waals surface area (Å²) < 4.78 is 5.21. The first kappa shape index (κ1) is 34.0. The second-order valence-electron chi connectivity index (χ2n) is 14.6. The van der Waals surface area contributed by atoms with Crippen LogP contribution in [0.1, 0.15) is 22.3 Å². The van der Waals surface area contributed by atoms with Crippen LogP contribution in [-0.4, -0.2) is 8.68 Å². The van der Waals surface area contributed by atoms with Gasteiger partial charge in [0.25, 0.3) is 0 Å². The summed E-state index contributed by atoms with van der Waals surface area (Å²) in [7, 11) is -1.90. The third kappa shape index (κ3) is 5.33. The lowest BCUT2D eigenvalue weighted by Crippen LogP contribution is -2.28. The van der Waals surface area contributed by atoms with Gasteiger partial charge in [0.15, 0.2) is 0 Å². The van der Waals surface area contributed by atoms with E-state index in [1.54, 1.807) is 0 Å². The van der Waals surface area contributed by atoms with E-state index in [1.807, 2.05) is 0 Å². The molecule has 1 aliphatic carbocycles. The summed E-state index contributed by atoms with van der Waals surface area (Å²) in [4.78, 5) is 0. The van der Waals surface area contributed by atoms with Crippen molar-refractivity contribution in [2.24, 2.45) is 0 Å². The van der Waals surface area contributed by atoms with E-state index in [0.29, 0.717) is 0 Å². The molecular weight excluding hydrogens is 727 g/mol. The van der Waals surface area contributed by atoms with Crippen molar-refractivity contribution in [1.82, 2.24) is 8.68 Å². The van der Waals surface area contributed by atoms with Crippen LogP contribution in [0.2, 0.25) is 0 Å². The zero-order valence-electron chi connectivity index (χ0n) is 31.2. The van der Waals surface area contributed by atoms with Crippen molar-refractivity contribution in [2.45, 2.75) is 5.41 Å². The lowest BCUT2D eigenvalue weighted by atomic mass is 9.67. The van der Waals surface area contributed by atoms with E-state index in [-0.39, 0.29) is 0 Å². The van der Waals surface area contributed by atoms with E-state index in [2.05, 4.69) is 239 Å². The minimum atomic E-state index is -0.951. The molecule has 2 aromatic heterocycles. The number of aromatic nitrogens is 2. The smallest absolute Gasteiger partial charge is 0.0755 e. The molecule has 4 heteroatoms. The fourth-order valence-corrected chi connectivity index (χ4v) is 13.9. The third-order valence-electron chi connectivity index (χ3n) is 11.6. The molecule has 2 nitrogen and oxygen atoms in total. The topological polar surface area (TPSA) is 9.86 Å². The minimum Gasteiger partial charge on any atom is -0.317 e. The van der Waals surface area contributed by atoms with Gasteiger partial charge in [-0.25, -0.2) is 0 Å². The van der Waals surface area contributed by atoms with Crippen LogP contribution in [-0.2, 0) is 5.41 Å². The Labute approximate surface area is 336 Å². The molecule has 0 spiro atoms. The first-order chi connectivity index (χ1) is 28.3. The summed E-state index contributed by atoms with van der Waals surface area (Å²) in [5.41, 5.74) is 9.72. The maximum absolute atomic E-state index is 2.61. The van der Waals surface area contributed by atoms with Gasteiger partial charge in [-0.3, -0.25) is 0 Å². The van der Waals surface area contributed by atoms with Gasteiger partial charge < -0.3 is 8.68 Å². The van der Waals surface area contributed by atoms with Crippen LogP contribution >= 0.6 is 16.1 Å². The van der Waals surface area contributed by atoms with E-state index in [4.69, 9.17) is 0 Å². The largest absolute Gasteiger partial charge is 0.317 e. The molecule has 2 heterocycles. The van der Waals surface area contributed by atoms with E-state index in [0.717, 1.165) is 0 Å². The molecule has 0 N–H and O–H groups in total. The normalized spacial score (nSPS) is 13.0. The molecular formula is C53H38N2P2. The fraction of sp³-hybridized carbons (Fsp3) is 0.0189. The van der Waals surface area contributed by atoms with Gasteiger partial charge in [-0.05, 0) is 45.5 Å². The van der Waals surface area contributed by atoms with E-state index >= 15 is 0 Å². The average Bonchev–Trinajstić information content (AvgIpc) is 3.95. The molecule has 270 valence electrons. The van der Waals surface area contributed by atoms with Crippen molar-refractivity contribution < 1.29 is 0 Å². The number of nitrogens with zero attached hydrogens (tertiary/aromatic N) is 2. The Morgan fingerprint density at radius 3 is 0.947 bits per heavy atom. The Kier molecular flexibility index (Phi) is 8.36. The Morgan fingerprint density at radius 2 is 0.579 bits per heavy atom. The number of benzene rings is 8. The number of fused-ring (bicyclic) bond motifs is 5. The maximum Gasteiger partial charge on any atom is 0.0755 e. The van der Waals surface area contributed by atoms with Gasteiger partial charge in [0.1, 0.15) is 0 Å². The molecule has 0 amide bonds. The molecule has 0 saturated heterocycles. The molecule has 0 aliphatic heterocycles. The number of para-hydroxylation sites is 2. The molecule has 0 unspecified atom stereocenters. The van der Waals surface area contributed by atoms with Crippen molar-refractivity contribution >= 4 is 59.2 Å². The van der Waals surface area contributed by atoms with E-state index in [9.17, 15) is 0 Å². The maximum atomic E-state index is 2.61. The van der Waals surface area contributed by atoms with Gasteiger partial charge >= 0.3 is 0 Å². The zero-order valence-corrected chi connectivity index (χ0v) is 33.0. The average molecular weight is 765 g/mol. The molecule has 0 bridgehead atoms. The number of hydrogen-bond donors (Lipinski definition) is 0. The van der Waals surface area contributed by atoms with Crippen molar-refractivity contribution in [1.29, 1.82) is 0 Å². The van der Waals surface area contributed by atoms with E-state index in [1.165, 1.54) is 76.4 Å². The van der Waals surface area contributed by atoms with Crippen molar-refractivity contribution in [3.63, 3.8) is 0 Å². The predicted octanol–water partition coefficient (Wildman–Crippen LogP) is 11.8. The van der Waals surface area contributed by atoms with Gasteiger partial charge in [-0.1, -0.05) is 206 Å². The second-order valence-corrected chi connectivity index (χ2v) is 18.8. The van der Waals surface area contributed by atoms with Crippen LogP contribution < -0.4 is 21.2 Å².